The number of nitrogens with two attached hydrogens (primary N) is 1. The molecular formula is C11H21N3O. The molecule has 15 heavy (non-hydrogen) atoms. The summed E-state index contributed by atoms with van der Waals surface area (Å²) < 4.78 is 0. The van der Waals surface area contributed by atoms with Crippen molar-refractivity contribution in [2.24, 2.45) is 11.7 Å². The van der Waals surface area contributed by atoms with Crippen LogP contribution in [0, 0.1) is 5.92 Å². The van der Waals surface area contributed by atoms with Crippen molar-refractivity contribution in [2.45, 2.75) is 31.7 Å². The summed E-state index contributed by atoms with van der Waals surface area (Å²) in [5, 5.41) is 3.00. The Bertz CT molecular complexity index is 228. The van der Waals surface area contributed by atoms with Crippen LogP contribution in [-0.2, 0) is 4.79 Å². The lowest BCUT2D eigenvalue weighted by Crippen LogP contribution is -2.40. The molecule has 0 aromatic rings. The fourth-order valence-electron chi connectivity index (χ4n) is 2.22. The number of nitrogens with one attached hydrogen (secondary N) is 1. The van der Waals surface area contributed by atoms with E-state index in [0.29, 0.717) is 6.54 Å². The number of nitrogens with zero attached hydrogens (tertiary/aromatic N) is 1. The maximum atomic E-state index is 11.6. The van der Waals surface area contributed by atoms with Crippen molar-refractivity contribution >= 4 is 5.91 Å². The summed E-state index contributed by atoms with van der Waals surface area (Å²) in [6.45, 7) is 3.24. The lowest BCUT2D eigenvalue weighted by molar-refractivity contribution is -0.122. The van der Waals surface area contributed by atoms with Crippen molar-refractivity contribution in [2.75, 3.05) is 26.2 Å². The zero-order chi connectivity index (χ0) is 10.7. The molecule has 3 N–H and O–H groups in total. The minimum absolute atomic E-state index is 0.163. The van der Waals surface area contributed by atoms with Gasteiger partial charge in [-0.25, -0.2) is 0 Å². The number of amides is 1. The van der Waals surface area contributed by atoms with E-state index < -0.39 is 0 Å². The predicted molar refractivity (Wildman–Crippen MR) is 59.4 cm³/mol. The second-order valence-electron chi connectivity index (χ2n) is 4.88. The molecule has 1 amide bonds. The van der Waals surface area contributed by atoms with Crippen LogP contribution in [0.2, 0.25) is 0 Å². The predicted octanol–water partition coefficient (Wildman–Crippen LogP) is -0.0643. The Labute approximate surface area is 91.2 Å². The molecule has 0 aromatic carbocycles. The lowest BCUT2D eigenvalue weighted by atomic mass is 9.85. The van der Waals surface area contributed by atoms with Crippen molar-refractivity contribution in [3.8, 4) is 0 Å². The van der Waals surface area contributed by atoms with Gasteiger partial charge in [-0.05, 0) is 25.2 Å². The Morgan fingerprint density at radius 2 is 2.20 bits per heavy atom. The molecule has 1 unspecified atom stereocenters. The summed E-state index contributed by atoms with van der Waals surface area (Å²) in [6.07, 6.45) is 4.93. The van der Waals surface area contributed by atoms with Gasteiger partial charge in [-0.3, -0.25) is 9.69 Å². The van der Waals surface area contributed by atoms with Crippen molar-refractivity contribution in [1.29, 1.82) is 0 Å². The maximum absolute atomic E-state index is 11.6. The summed E-state index contributed by atoms with van der Waals surface area (Å²) in [6, 6.07) is 0.268. The number of hydrogen-bond acceptors (Lipinski definition) is 3. The van der Waals surface area contributed by atoms with Gasteiger partial charge in [0.2, 0.25) is 5.91 Å². The van der Waals surface area contributed by atoms with Crippen LogP contribution >= 0.6 is 0 Å². The largest absolute Gasteiger partial charge is 0.355 e. The van der Waals surface area contributed by atoms with E-state index in [1.165, 1.54) is 19.3 Å². The zero-order valence-electron chi connectivity index (χ0n) is 9.24. The van der Waals surface area contributed by atoms with Gasteiger partial charge in [-0.15, -0.1) is 0 Å². The van der Waals surface area contributed by atoms with Gasteiger partial charge < -0.3 is 11.1 Å². The third-order valence-corrected chi connectivity index (χ3v) is 3.49. The number of rotatable bonds is 4. The van der Waals surface area contributed by atoms with E-state index >= 15 is 0 Å². The van der Waals surface area contributed by atoms with E-state index in [4.69, 9.17) is 5.73 Å². The Kier molecular flexibility index (Phi) is 3.59. The minimum atomic E-state index is 0.163. The molecule has 2 rings (SSSR count). The van der Waals surface area contributed by atoms with Crippen LogP contribution in [0.25, 0.3) is 0 Å². The number of hydrogen-bond donors (Lipinski definition) is 2. The Balaban J connectivity index is 1.59. The summed E-state index contributed by atoms with van der Waals surface area (Å²) >= 11 is 0. The van der Waals surface area contributed by atoms with E-state index in [2.05, 4.69) is 10.2 Å². The van der Waals surface area contributed by atoms with Crippen molar-refractivity contribution in [3.63, 3.8) is 0 Å². The van der Waals surface area contributed by atoms with E-state index in [9.17, 15) is 4.79 Å². The Morgan fingerprint density at radius 1 is 1.40 bits per heavy atom. The van der Waals surface area contributed by atoms with Crippen molar-refractivity contribution < 1.29 is 4.79 Å². The highest BCUT2D eigenvalue weighted by atomic mass is 16.2. The van der Waals surface area contributed by atoms with Gasteiger partial charge in [-0.2, -0.15) is 0 Å². The molecular weight excluding hydrogens is 190 g/mol. The van der Waals surface area contributed by atoms with Gasteiger partial charge in [0, 0.05) is 25.7 Å². The topological polar surface area (TPSA) is 58.4 Å². The molecule has 1 aliphatic carbocycles. The molecule has 0 aromatic heterocycles. The highest BCUT2D eigenvalue weighted by Gasteiger charge is 2.22. The van der Waals surface area contributed by atoms with E-state index in [1.807, 2.05) is 0 Å². The minimum Gasteiger partial charge on any atom is -0.355 e. The molecule has 1 saturated heterocycles. The summed E-state index contributed by atoms with van der Waals surface area (Å²) in [4.78, 5) is 13.7. The third kappa shape index (κ3) is 3.18. The second-order valence-corrected chi connectivity index (χ2v) is 4.88. The van der Waals surface area contributed by atoms with Crippen LogP contribution < -0.4 is 11.1 Å². The first-order valence-electron chi connectivity index (χ1n) is 5.98. The van der Waals surface area contributed by atoms with E-state index in [-0.39, 0.29) is 11.9 Å². The number of carbonyl (C=O) groups is 1. The highest BCUT2D eigenvalue weighted by molar-refractivity contribution is 5.78. The molecule has 4 nitrogen and oxygen atoms in total. The van der Waals surface area contributed by atoms with Crippen LogP contribution in [0.1, 0.15) is 25.7 Å². The van der Waals surface area contributed by atoms with Crippen LogP contribution in [0.15, 0.2) is 0 Å². The SMILES string of the molecule is NC1CCN(CC(=O)NCC2CCC2)C1. The van der Waals surface area contributed by atoms with E-state index in [0.717, 1.165) is 32.0 Å². The number of likely N-dealkylation sites (tertiary alicyclic amines) is 1. The van der Waals surface area contributed by atoms with Crippen LogP contribution in [0.4, 0.5) is 0 Å². The Hall–Kier alpha value is -0.610. The van der Waals surface area contributed by atoms with Gasteiger partial charge in [-0.1, -0.05) is 6.42 Å². The van der Waals surface area contributed by atoms with Gasteiger partial charge in [0.25, 0.3) is 0 Å². The molecule has 4 heteroatoms. The standard InChI is InChI=1S/C11H21N3O/c12-10-4-5-14(7-10)8-11(15)13-6-9-2-1-3-9/h9-10H,1-8,12H2,(H,13,15). The average molecular weight is 211 g/mol. The van der Waals surface area contributed by atoms with E-state index in [1.54, 1.807) is 0 Å². The van der Waals surface area contributed by atoms with Crippen LogP contribution in [0.3, 0.4) is 0 Å². The first-order valence-corrected chi connectivity index (χ1v) is 5.98. The fraction of sp³-hybridized carbons (Fsp3) is 0.909. The average Bonchev–Trinajstić information content (AvgIpc) is 2.48. The monoisotopic (exact) mass is 211 g/mol. The molecule has 86 valence electrons. The molecule has 1 heterocycles. The molecule has 2 fully saturated rings. The summed E-state index contributed by atoms with van der Waals surface area (Å²) in [5.74, 6) is 0.908. The van der Waals surface area contributed by atoms with Gasteiger partial charge in [0.1, 0.15) is 0 Å². The first kappa shape index (κ1) is 10.9. The highest BCUT2D eigenvalue weighted by Crippen LogP contribution is 2.25. The van der Waals surface area contributed by atoms with Gasteiger partial charge >= 0.3 is 0 Å². The third-order valence-electron chi connectivity index (χ3n) is 3.49. The quantitative estimate of drug-likeness (QED) is 0.684. The smallest absolute Gasteiger partial charge is 0.234 e. The maximum Gasteiger partial charge on any atom is 0.234 e. The molecule has 2 aliphatic rings. The molecule has 1 saturated carbocycles. The molecule has 0 bridgehead atoms. The molecule has 0 radical (unpaired) electrons. The first-order chi connectivity index (χ1) is 7.24. The summed E-state index contributed by atoms with van der Waals surface area (Å²) in [5.41, 5.74) is 5.78. The van der Waals surface area contributed by atoms with Crippen molar-refractivity contribution in [1.82, 2.24) is 10.2 Å². The second kappa shape index (κ2) is 4.94. The lowest BCUT2D eigenvalue weighted by Gasteiger charge is -2.25. The zero-order valence-corrected chi connectivity index (χ0v) is 9.24. The Morgan fingerprint density at radius 3 is 2.73 bits per heavy atom. The summed E-state index contributed by atoms with van der Waals surface area (Å²) in [7, 11) is 0. The van der Waals surface area contributed by atoms with Gasteiger partial charge in [0.05, 0.1) is 6.54 Å². The molecule has 1 aliphatic heterocycles. The van der Waals surface area contributed by atoms with Crippen molar-refractivity contribution in [3.05, 3.63) is 0 Å². The van der Waals surface area contributed by atoms with Crippen LogP contribution in [0.5, 0.6) is 0 Å². The normalized spacial score (nSPS) is 27.7. The van der Waals surface area contributed by atoms with Crippen LogP contribution in [-0.4, -0.2) is 43.0 Å². The molecule has 1 atom stereocenters. The fourth-order valence-corrected chi connectivity index (χ4v) is 2.22. The molecule has 0 spiro atoms. The van der Waals surface area contributed by atoms with Gasteiger partial charge in [0.15, 0.2) is 0 Å². The number of carbonyl (C=O) groups excluding carboxylic acids is 1.